The third-order valence-electron chi connectivity index (χ3n) is 2.26. The molecule has 0 spiro atoms. The molecule has 4 heteroatoms. The Kier molecular flexibility index (Phi) is 2.71. The smallest absolute Gasteiger partial charge is 0.156 e. The zero-order chi connectivity index (χ0) is 9.10. The highest BCUT2D eigenvalue weighted by atomic mass is 32.1. The molecule has 0 aromatic carbocycles. The first-order valence-corrected chi connectivity index (χ1v) is 5.39. The summed E-state index contributed by atoms with van der Waals surface area (Å²) in [6.07, 6.45) is 4.35. The van der Waals surface area contributed by atoms with E-state index in [4.69, 9.17) is 0 Å². The molecule has 70 valence electrons. The zero-order valence-electron chi connectivity index (χ0n) is 7.32. The highest BCUT2D eigenvalue weighted by Crippen LogP contribution is 2.11. The summed E-state index contributed by atoms with van der Waals surface area (Å²) in [6.45, 7) is 0.980. The van der Waals surface area contributed by atoms with Gasteiger partial charge in [-0.2, -0.15) is 0 Å². The van der Waals surface area contributed by atoms with E-state index < -0.39 is 0 Å². The Morgan fingerprint density at radius 1 is 1.77 bits per heavy atom. The summed E-state index contributed by atoms with van der Waals surface area (Å²) in [5.74, 6) is 0.285. The van der Waals surface area contributed by atoms with E-state index in [2.05, 4.69) is 10.3 Å². The van der Waals surface area contributed by atoms with Crippen molar-refractivity contribution in [3.63, 3.8) is 0 Å². The fraction of sp³-hybridized carbons (Fsp3) is 0.556. The fourth-order valence-electron chi connectivity index (χ4n) is 1.57. The van der Waals surface area contributed by atoms with Crippen LogP contribution in [0.25, 0.3) is 0 Å². The largest absolute Gasteiger partial charge is 0.307 e. The van der Waals surface area contributed by atoms with Crippen LogP contribution in [-0.4, -0.2) is 23.4 Å². The minimum Gasteiger partial charge on any atom is -0.307 e. The molecular formula is C9H12N2OS. The zero-order valence-corrected chi connectivity index (χ0v) is 8.14. The molecule has 0 aliphatic carbocycles. The Morgan fingerprint density at radius 3 is 3.31 bits per heavy atom. The first-order valence-electron chi connectivity index (χ1n) is 4.51. The third kappa shape index (κ3) is 2.14. The van der Waals surface area contributed by atoms with Gasteiger partial charge in [0.1, 0.15) is 0 Å². The lowest BCUT2D eigenvalue weighted by Gasteiger charge is -2.06. The van der Waals surface area contributed by atoms with Crippen molar-refractivity contribution >= 4 is 17.1 Å². The Balaban J connectivity index is 1.91. The first-order chi connectivity index (χ1) is 6.36. The lowest BCUT2D eigenvalue weighted by molar-refractivity contribution is -0.120. The molecule has 0 amide bonds. The molecule has 1 N–H and O–H groups in total. The summed E-state index contributed by atoms with van der Waals surface area (Å²) < 4.78 is 0. The Hall–Kier alpha value is -0.740. The van der Waals surface area contributed by atoms with Gasteiger partial charge < -0.3 is 5.32 Å². The maximum absolute atomic E-state index is 11.6. The summed E-state index contributed by atoms with van der Waals surface area (Å²) in [5, 5.41) is 6.03. The maximum atomic E-state index is 11.6. The van der Waals surface area contributed by atoms with Crippen LogP contribution >= 0.6 is 11.3 Å². The van der Waals surface area contributed by atoms with Crippen molar-refractivity contribution in [3.05, 3.63) is 16.6 Å². The van der Waals surface area contributed by atoms with Crippen molar-refractivity contribution < 1.29 is 4.79 Å². The minimum absolute atomic E-state index is 0.0869. The molecule has 1 aromatic rings. The summed E-state index contributed by atoms with van der Waals surface area (Å²) in [4.78, 5) is 15.7. The number of carbonyl (C=O) groups is 1. The predicted molar refractivity (Wildman–Crippen MR) is 51.8 cm³/mol. The average molecular weight is 196 g/mol. The Bertz CT molecular complexity index is 278. The van der Waals surface area contributed by atoms with Crippen LogP contribution < -0.4 is 5.32 Å². The third-order valence-corrected chi connectivity index (χ3v) is 3.04. The molecule has 2 rings (SSSR count). The molecule has 1 atom stereocenters. The SMILES string of the molecule is O=C(Cc1nccs1)C1CCCN1. The number of thiazole rings is 1. The molecule has 13 heavy (non-hydrogen) atoms. The molecule has 1 aliphatic heterocycles. The molecule has 3 nitrogen and oxygen atoms in total. The molecule has 0 radical (unpaired) electrons. The molecular weight excluding hydrogens is 184 g/mol. The standard InChI is InChI=1S/C9H12N2OS/c12-8(7-2-1-3-10-7)6-9-11-4-5-13-9/h4-5,7,10H,1-3,6H2. The number of hydrogen-bond acceptors (Lipinski definition) is 4. The molecule has 0 saturated carbocycles. The van der Waals surface area contributed by atoms with Crippen LogP contribution in [0.1, 0.15) is 17.8 Å². The average Bonchev–Trinajstić information content (AvgIpc) is 2.74. The van der Waals surface area contributed by atoms with Gasteiger partial charge in [0, 0.05) is 11.6 Å². The van der Waals surface area contributed by atoms with Crippen molar-refractivity contribution in [1.29, 1.82) is 0 Å². The van der Waals surface area contributed by atoms with Crippen LogP contribution in [0, 0.1) is 0 Å². The number of hydrogen-bond donors (Lipinski definition) is 1. The topological polar surface area (TPSA) is 42.0 Å². The number of ketones is 1. The van der Waals surface area contributed by atoms with Crippen LogP contribution in [0.4, 0.5) is 0 Å². The van der Waals surface area contributed by atoms with Gasteiger partial charge in [-0.1, -0.05) is 0 Å². The number of aromatic nitrogens is 1. The lowest BCUT2D eigenvalue weighted by Crippen LogP contribution is -2.31. The summed E-state index contributed by atoms with van der Waals surface area (Å²) in [7, 11) is 0. The van der Waals surface area contributed by atoms with Crippen LogP contribution in [0.15, 0.2) is 11.6 Å². The van der Waals surface area contributed by atoms with Crippen LogP contribution in [0.5, 0.6) is 0 Å². The van der Waals surface area contributed by atoms with E-state index in [1.165, 1.54) is 0 Å². The van der Waals surface area contributed by atoms with Crippen molar-refractivity contribution in [2.45, 2.75) is 25.3 Å². The van der Waals surface area contributed by atoms with Gasteiger partial charge in [-0.15, -0.1) is 11.3 Å². The van der Waals surface area contributed by atoms with Gasteiger partial charge in [0.15, 0.2) is 5.78 Å². The van der Waals surface area contributed by atoms with E-state index >= 15 is 0 Å². The summed E-state index contributed by atoms with van der Waals surface area (Å²) in [5.41, 5.74) is 0. The van der Waals surface area contributed by atoms with E-state index in [1.54, 1.807) is 17.5 Å². The second-order valence-corrected chi connectivity index (χ2v) is 4.20. The first kappa shape index (κ1) is 8.84. The summed E-state index contributed by atoms with van der Waals surface area (Å²) in [6, 6.07) is 0.0869. The van der Waals surface area contributed by atoms with Crippen molar-refractivity contribution in [3.8, 4) is 0 Å². The molecule has 0 bridgehead atoms. The highest BCUT2D eigenvalue weighted by Gasteiger charge is 2.22. The molecule has 1 fully saturated rings. The fourth-order valence-corrected chi connectivity index (χ4v) is 2.20. The number of nitrogens with zero attached hydrogens (tertiary/aromatic N) is 1. The monoisotopic (exact) mass is 196 g/mol. The van der Waals surface area contributed by atoms with Gasteiger partial charge in [0.05, 0.1) is 17.5 Å². The number of rotatable bonds is 3. The van der Waals surface area contributed by atoms with E-state index in [1.807, 2.05) is 5.38 Å². The van der Waals surface area contributed by atoms with Gasteiger partial charge in [-0.25, -0.2) is 4.98 Å². The van der Waals surface area contributed by atoms with Gasteiger partial charge in [0.25, 0.3) is 0 Å². The molecule has 1 saturated heterocycles. The lowest BCUT2D eigenvalue weighted by atomic mass is 10.1. The van der Waals surface area contributed by atoms with E-state index in [0.717, 1.165) is 24.4 Å². The second-order valence-electron chi connectivity index (χ2n) is 3.22. The normalized spacial score (nSPS) is 22.0. The van der Waals surface area contributed by atoms with E-state index in [9.17, 15) is 4.79 Å². The number of carbonyl (C=O) groups excluding carboxylic acids is 1. The van der Waals surface area contributed by atoms with Crippen molar-refractivity contribution in [1.82, 2.24) is 10.3 Å². The second kappa shape index (κ2) is 3.98. The molecule has 2 heterocycles. The molecule has 1 unspecified atom stereocenters. The van der Waals surface area contributed by atoms with Crippen LogP contribution in [0.2, 0.25) is 0 Å². The predicted octanol–water partition coefficient (Wildman–Crippen LogP) is 1.01. The van der Waals surface area contributed by atoms with Gasteiger partial charge in [-0.3, -0.25) is 4.79 Å². The number of Topliss-reactive ketones (excluding diaryl/α,β-unsaturated/α-hetero) is 1. The Labute approximate surface area is 81.2 Å². The molecule has 1 aliphatic rings. The van der Waals surface area contributed by atoms with Gasteiger partial charge in [-0.05, 0) is 19.4 Å². The Morgan fingerprint density at radius 2 is 2.69 bits per heavy atom. The van der Waals surface area contributed by atoms with Crippen molar-refractivity contribution in [2.24, 2.45) is 0 Å². The van der Waals surface area contributed by atoms with Crippen LogP contribution in [-0.2, 0) is 11.2 Å². The van der Waals surface area contributed by atoms with E-state index in [0.29, 0.717) is 6.42 Å². The van der Waals surface area contributed by atoms with Crippen molar-refractivity contribution in [2.75, 3.05) is 6.54 Å². The molecule has 1 aromatic heterocycles. The summed E-state index contributed by atoms with van der Waals surface area (Å²) >= 11 is 1.55. The highest BCUT2D eigenvalue weighted by molar-refractivity contribution is 7.09. The minimum atomic E-state index is 0.0869. The van der Waals surface area contributed by atoms with E-state index in [-0.39, 0.29) is 11.8 Å². The van der Waals surface area contributed by atoms with Crippen LogP contribution in [0.3, 0.4) is 0 Å². The van der Waals surface area contributed by atoms with Gasteiger partial charge in [0.2, 0.25) is 0 Å². The quantitative estimate of drug-likeness (QED) is 0.784. The maximum Gasteiger partial charge on any atom is 0.156 e. The van der Waals surface area contributed by atoms with Gasteiger partial charge >= 0.3 is 0 Å². The number of nitrogens with one attached hydrogen (secondary N) is 1.